The second kappa shape index (κ2) is 7.58. The number of anilines is 1. The molecule has 2 aromatic heterocycles. The molecule has 0 fully saturated rings. The van der Waals surface area contributed by atoms with Gasteiger partial charge >= 0.3 is 0 Å². The number of H-pyrrole nitrogens is 1. The first-order chi connectivity index (χ1) is 12.0. The second-order valence-electron chi connectivity index (χ2n) is 6.66. The Hall–Kier alpha value is -1.85. The van der Waals surface area contributed by atoms with Gasteiger partial charge < -0.3 is 5.32 Å². The summed E-state index contributed by atoms with van der Waals surface area (Å²) in [7, 11) is 0. The summed E-state index contributed by atoms with van der Waals surface area (Å²) < 4.78 is 0. The van der Waals surface area contributed by atoms with Crippen LogP contribution in [-0.4, -0.2) is 26.8 Å². The largest absolute Gasteiger partial charge is 0.316 e. The third kappa shape index (κ3) is 4.05. The van der Waals surface area contributed by atoms with Gasteiger partial charge in [-0.1, -0.05) is 32.5 Å². The van der Waals surface area contributed by atoms with Crippen LogP contribution in [0.5, 0.6) is 0 Å². The Bertz CT molecular complexity index is 818. The van der Waals surface area contributed by atoms with Crippen molar-refractivity contribution in [1.82, 2.24) is 15.2 Å². The van der Waals surface area contributed by atoms with Crippen molar-refractivity contribution in [2.45, 2.75) is 51.1 Å². The molecule has 2 heterocycles. The molecule has 2 aromatic rings. The molecule has 8 heteroatoms. The van der Waals surface area contributed by atoms with Crippen molar-refractivity contribution < 1.29 is 4.79 Å². The molecule has 1 aliphatic rings. The fraction of sp³-hybridized carbons (Fsp3) is 0.529. The van der Waals surface area contributed by atoms with Gasteiger partial charge in [0.15, 0.2) is 0 Å². The molecule has 1 amide bonds. The maximum absolute atomic E-state index is 12.3. The molecule has 0 aliphatic heterocycles. The van der Waals surface area contributed by atoms with E-state index in [1.807, 2.05) is 13.8 Å². The van der Waals surface area contributed by atoms with Gasteiger partial charge in [0.2, 0.25) is 11.1 Å². The molecule has 25 heavy (non-hydrogen) atoms. The molecule has 0 radical (unpaired) electrons. The number of nitrogens with one attached hydrogen (secondary N) is 2. The lowest BCUT2D eigenvalue weighted by Gasteiger charge is -2.17. The molecule has 6 nitrogen and oxygen atoms in total. The minimum Gasteiger partial charge on any atom is -0.316 e. The van der Waals surface area contributed by atoms with Crippen molar-refractivity contribution in [1.29, 1.82) is 5.26 Å². The topological polar surface area (TPSA) is 94.5 Å². The van der Waals surface area contributed by atoms with E-state index in [1.54, 1.807) is 11.3 Å². The Balaban J connectivity index is 1.64. The fourth-order valence-corrected chi connectivity index (χ4v) is 4.81. The van der Waals surface area contributed by atoms with Gasteiger partial charge in [-0.2, -0.15) is 5.26 Å². The Labute approximate surface area is 155 Å². The number of thiophene rings is 1. The zero-order chi connectivity index (χ0) is 18.0. The van der Waals surface area contributed by atoms with Crippen molar-refractivity contribution in [2.75, 3.05) is 11.1 Å². The lowest BCUT2D eigenvalue weighted by molar-refractivity contribution is -0.113. The number of nitriles is 1. The zero-order valence-corrected chi connectivity index (χ0v) is 16.2. The van der Waals surface area contributed by atoms with Crippen molar-refractivity contribution >= 4 is 34.0 Å². The Morgan fingerprint density at radius 2 is 2.36 bits per heavy atom. The van der Waals surface area contributed by atoms with Crippen molar-refractivity contribution in [3.05, 3.63) is 21.8 Å². The van der Waals surface area contributed by atoms with Gasteiger partial charge in [0.25, 0.3) is 0 Å². The van der Waals surface area contributed by atoms with Crippen molar-refractivity contribution in [3.8, 4) is 6.07 Å². The quantitative estimate of drug-likeness (QED) is 0.777. The number of carbonyl (C=O) groups excluding carboxylic acids is 1. The summed E-state index contributed by atoms with van der Waals surface area (Å²) in [6.45, 7) is 6.29. The molecular formula is C17H21N5OS2. The van der Waals surface area contributed by atoms with Crippen LogP contribution < -0.4 is 5.32 Å². The third-order valence-corrected chi connectivity index (χ3v) is 6.25. The molecule has 1 atom stereocenters. The number of carbonyl (C=O) groups is 1. The van der Waals surface area contributed by atoms with E-state index in [0.717, 1.165) is 30.7 Å². The Kier molecular flexibility index (Phi) is 5.45. The predicted molar refractivity (Wildman–Crippen MR) is 100 cm³/mol. The van der Waals surface area contributed by atoms with Crippen LogP contribution >= 0.6 is 23.1 Å². The van der Waals surface area contributed by atoms with Crippen LogP contribution in [0.4, 0.5) is 5.00 Å². The first-order valence-corrected chi connectivity index (χ1v) is 10.2. The number of hydrogen-bond acceptors (Lipinski definition) is 6. The Morgan fingerprint density at radius 1 is 1.56 bits per heavy atom. The van der Waals surface area contributed by atoms with Gasteiger partial charge in [0, 0.05) is 10.8 Å². The van der Waals surface area contributed by atoms with Crippen molar-refractivity contribution in [3.63, 3.8) is 0 Å². The maximum Gasteiger partial charge on any atom is 0.235 e. The zero-order valence-electron chi connectivity index (χ0n) is 14.5. The van der Waals surface area contributed by atoms with Gasteiger partial charge in [0.1, 0.15) is 16.9 Å². The number of nitrogens with zero attached hydrogens (tertiary/aromatic N) is 3. The van der Waals surface area contributed by atoms with Gasteiger partial charge in [-0.3, -0.25) is 9.89 Å². The van der Waals surface area contributed by atoms with Crippen LogP contribution in [-0.2, 0) is 17.6 Å². The molecule has 0 saturated carbocycles. The minimum absolute atomic E-state index is 0.135. The lowest BCUT2D eigenvalue weighted by atomic mass is 9.89. The molecule has 1 aliphatic carbocycles. The maximum atomic E-state index is 12.3. The monoisotopic (exact) mass is 375 g/mol. The number of rotatable bonds is 5. The molecule has 132 valence electrons. The van der Waals surface area contributed by atoms with E-state index in [4.69, 9.17) is 0 Å². The van der Waals surface area contributed by atoms with E-state index < -0.39 is 0 Å². The van der Waals surface area contributed by atoms with E-state index in [9.17, 15) is 10.1 Å². The molecule has 0 saturated heterocycles. The fourth-order valence-electron chi connectivity index (χ4n) is 2.83. The average Bonchev–Trinajstić information content (AvgIpc) is 3.16. The van der Waals surface area contributed by atoms with Crippen LogP contribution in [0.15, 0.2) is 5.16 Å². The van der Waals surface area contributed by atoms with Crippen LogP contribution in [0, 0.1) is 17.2 Å². The van der Waals surface area contributed by atoms with Crippen LogP contribution in [0.2, 0.25) is 0 Å². The highest BCUT2D eigenvalue weighted by Crippen LogP contribution is 2.39. The lowest BCUT2D eigenvalue weighted by Crippen LogP contribution is -2.14. The molecule has 0 aromatic carbocycles. The summed E-state index contributed by atoms with van der Waals surface area (Å²) in [6, 6.07) is 2.27. The van der Waals surface area contributed by atoms with Gasteiger partial charge in [0.05, 0.1) is 11.3 Å². The predicted octanol–water partition coefficient (Wildman–Crippen LogP) is 3.72. The van der Waals surface area contributed by atoms with Gasteiger partial charge in [-0.15, -0.1) is 16.4 Å². The molecule has 2 N–H and O–H groups in total. The highest BCUT2D eigenvalue weighted by atomic mass is 32.2. The van der Waals surface area contributed by atoms with Crippen LogP contribution in [0.25, 0.3) is 0 Å². The summed E-state index contributed by atoms with van der Waals surface area (Å²) in [6.07, 6.45) is 3.02. The number of aromatic nitrogens is 3. The summed E-state index contributed by atoms with van der Waals surface area (Å²) in [4.78, 5) is 17.9. The van der Waals surface area contributed by atoms with Crippen molar-refractivity contribution in [2.24, 2.45) is 5.92 Å². The van der Waals surface area contributed by atoms with E-state index in [1.165, 1.54) is 16.6 Å². The summed E-state index contributed by atoms with van der Waals surface area (Å²) in [5.41, 5.74) is 1.77. The first kappa shape index (κ1) is 18.0. The molecule has 3 rings (SSSR count). The number of hydrogen-bond donors (Lipinski definition) is 2. The second-order valence-corrected chi connectivity index (χ2v) is 8.71. The van der Waals surface area contributed by atoms with E-state index in [0.29, 0.717) is 21.6 Å². The molecule has 0 spiro atoms. The standard InChI is InChI=1S/C17H21N5OS2/c1-9(2)15-20-17(22-21-15)24-8-14(23)19-16-12(7-18)11-5-4-10(3)6-13(11)25-16/h9-10H,4-6,8H2,1-3H3,(H,19,23)(H,20,21,22). The summed E-state index contributed by atoms with van der Waals surface area (Å²) in [5, 5.41) is 20.6. The average molecular weight is 376 g/mol. The van der Waals surface area contributed by atoms with Crippen LogP contribution in [0.1, 0.15) is 54.9 Å². The van der Waals surface area contributed by atoms with Gasteiger partial charge in [-0.25, -0.2) is 4.98 Å². The number of fused-ring (bicyclic) bond motifs is 1. The third-order valence-electron chi connectivity index (χ3n) is 4.24. The van der Waals surface area contributed by atoms with Crippen LogP contribution in [0.3, 0.4) is 0 Å². The summed E-state index contributed by atoms with van der Waals surface area (Å²) >= 11 is 2.84. The summed E-state index contributed by atoms with van der Waals surface area (Å²) in [5.74, 6) is 1.81. The highest BCUT2D eigenvalue weighted by Gasteiger charge is 2.24. The number of amides is 1. The molecular weight excluding hydrogens is 354 g/mol. The van der Waals surface area contributed by atoms with E-state index >= 15 is 0 Å². The number of aromatic amines is 1. The molecule has 1 unspecified atom stereocenters. The Morgan fingerprint density at radius 3 is 3.04 bits per heavy atom. The SMILES string of the molecule is CC1CCc2c(sc(NC(=O)CSc3n[nH]c(C(C)C)n3)c2C#N)C1. The normalized spacial score (nSPS) is 16.5. The highest BCUT2D eigenvalue weighted by molar-refractivity contribution is 7.99. The first-order valence-electron chi connectivity index (χ1n) is 8.37. The van der Waals surface area contributed by atoms with E-state index in [-0.39, 0.29) is 17.6 Å². The van der Waals surface area contributed by atoms with Gasteiger partial charge in [-0.05, 0) is 30.7 Å². The smallest absolute Gasteiger partial charge is 0.235 e. The minimum atomic E-state index is -0.135. The number of thioether (sulfide) groups is 1. The molecule has 0 bridgehead atoms. The van der Waals surface area contributed by atoms with E-state index in [2.05, 4.69) is 33.5 Å².